The Morgan fingerprint density at radius 1 is 1.06 bits per heavy atom. The molecule has 0 atom stereocenters. The van der Waals surface area contributed by atoms with Crippen LogP contribution >= 0.6 is 0 Å². The molecule has 0 radical (unpaired) electrons. The molecule has 0 aromatic heterocycles. The van der Waals surface area contributed by atoms with E-state index in [4.69, 9.17) is 5.73 Å². The van der Waals surface area contributed by atoms with Gasteiger partial charge in [0.1, 0.15) is 0 Å². The van der Waals surface area contributed by atoms with Gasteiger partial charge in [-0.25, -0.2) is 0 Å². The molecule has 2 aromatic rings. The largest absolute Gasteiger partial charge is 0.399 e. The van der Waals surface area contributed by atoms with Crippen molar-refractivity contribution in [3.8, 4) is 11.1 Å². The summed E-state index contributed by atoms with van der Waals surface area (Å²) in [5.74, 6) is 0.753. The van der Waals surface area contributed by atoms with E-state index >= 15 is 0 Å². The van der Waals surface area contributed by atoms with Crippen LogP contribution in [0.5, 0.6) is 0 Å². The Morgan fingerprint density at radius 3 is 2.50 bits per heavy atom. The van der Waals surface area contributed by atoms with Crippen LogP contribution in [0.3, 0.4) is 0 Å². The van der Waals surface area contributed by atoms with Crippen molar-refractivity contribution in [2.75, 3.05) is 5.73 Å². The van der Waals surface area contributed by atoms with E-state index in [9.17, 15) is 0 Å². The summed E-state index contributed by atoms with van der Waals surface area (Å²) < 4.78 is 0. The molecule has 1 nitrogen and oxygen atoms in total. The van der Waals surface area contributed by atoms with E-state index in [-0.39, 0.29) is 0 Å². The molecule has 3 rings (SSSR count). The Morgan fingerprint density at radius 2 is 1.83 bits per heavy atom. The summed E-state index contributed by atoms with van der Waals surface area (Å²) in [7, 11) is 0. The van der Waals surface area contributed by atoms with Gasteiger partial charge in [0.05, 0.1) is 0 Å². The maximum absolute atomic E-state index is 5.97. The predicted octanol–water partition coefficient (Wildman–Crippen LogP) is 4.51. The van der Waals surface area contributed by atoms with Gasteiger partial charge < -0.3 is 5.73 Å². The quantitative estimate of drug-likeness (QED) is 0.764. The summed E-state index contributed by atoms with van der Waals surface area (Å²) in [5, 5.41) is 0. The average Bonchev–Trinajstić information content (AvgIpc) is 2.26. The first-order chi connectivity index (χ1) is 8.74. The van der Waals surface area contributed by atoms with Gasteiger partial charge in [-0.3, -0.25) is 0 Å². The Kier molecular flexibility index (Phi) is 2.83. The Balaban J connectivity index is 2.10. The molecule has 1 aliphatic carbocycles. The van der Waals surface area contributed by atoms with Crippen molar-refractivity contribution in [2.45, 2.75) is 32.1 Å². The average molecular weight is 237 g/mol. The summed E-state index contributed by atoms with van der Waals surface area (Å²) in [4.78, 5) is 0. The Hall–Kier alpha value is -1.76. The number of nitrogen functional groups attached to an aromatic ring is 1. The molecule has 0 aliphatic heterocycles. The van der Waals surface area contributed by atoms with Crippen LogP contribution in [-0.4, -0.2) is 0 Å². The molecule has 18 heavy (non-hydrogen) atoms. The zero-order valence-electron chi connectivity index (χ0n) is 10.8. The van der Waals surface area contributed by atoms with Crippen LogP contribution in [0.25, 0.3) is 11.1 Å². The molecule has 2 aromatic carbocycles. The van der Waals surface area contributed by atoms with E-state index in [0.717, 1.165) is 11.6 Å². The molecule has 2 N–H and O–H groups in total. The second-order valence-corrected chi connectivity index (χ2v) is 5.35. The molecule has 1 aliphatic rings. The topological polar surface area (TPSA) is 26.0 Å². The highest BCUT2D eigenvalue weighted by Crippen LogP contribution is 2.41. The highest BCUT2D eigenvalue weighted by atomic mass is 14.5. The van der Waals surface area contributed by atoms with E-state index in [1.54, 1.807) is 0 Å². The van der Waals surface area contributed by atoms with Gasteiger partial charge in [0.15, 0.2) is 0 Å². The maximum atomic E-state index is 5.97. The minimum absolute atomic E-state index is 0.753. The lowest BCUT2D eigenvalue weighted by Gasteiger charge is -2.28. The number of rotatable bonds is 2. The van der Waals surface area contributed by atoms with Crippen molar-refractivity contribution < 1.29 is 0 Å². The number of hydrogen-bond acceptors (Lipinski definition) is 1. The lowest BCUT2D eigenvalue weighted by molar-refractivity contribution is 0.420. The number of nitrogens with two attached hydrogens (primary N) is 1. The van der Waals surface area contributed by atoms with Crippen molar-refractivity contribution >= 4 is 5.69 Å². The molecule has 0 amide bonds. The highest BCUT2D eigenvalue weighted by Gasteiger charge is 2.22. The SMILES string of the molecule is Cc1cc(N)cc(-c2ccccc2C2CCC2)c1. The molecule has 92 valence electrons. The minimum Gasteiger partial charge on any atom is -0.399 e. The number of benzene rings is 2. The van der Waals surface area contributed by atoms with E-state index in [1.165, 1.54) is 41.5 Å². The van der Waals surface area contributed by atoms with Gasteiger partial charge in [0.25, 0.3) is 0 Å². The van der Waals surface area contributed by atoms with Crippen molar-refractivity contribution in [1.29, 1.82) is 0 Å². The molecule has 0 spiro atoms. The maximum Gasteiger partial charge on any atom is 0.0322 e. The normalized spacial score (nSPS) is 15.4. The van der Waals surface area contributed by atoms with Crippen molar-refractivity contribution in [2.24, 2.45) is 0 Å². The molecule has 0 unspecified atom stereocenters. The first kappa shape index (κ1) is 11.3. The standard InChI is InChI=1S/C17H19N/c1-12-9-14(11-15(18)10-12)17-8-3-2-7-16(17)13-5-4-6-13/h2-3,7-11,13H,4-6,18H2,1H3. The zero-order chi connectivity index (χ0) is 12.5. The minimum atomic E-state index is 0.753. The second-order valence-electron chi connectivity index (χ2n) is 5.35. The summed E-state index contributed by atoms with van der Waals surface area (Å²) in [6.45, 7) is 2.10. The molecule has 0 heterocycles. The van der Waals surface area contributed by atoms with Crippen LogP contribution < -0.4 is 5.73 Å². The fraction of sp³-hybridized carbons (Fsp3) is 0.294. The first-order valence-electron chi connectivity index (χ1n) is 6.70. The summed E-state index contributed by atoms with van der Waals surface area (Å²) >= 11 is 0. The van der Waals surface area contributed by atoms with Gasteiger partial charge in [0, 0.05) is 5.69 Å². The van der Waals surface area contributed by atoms with Gasteiger partial charge >= 0.3 is 0 Å². The molecular weight excluding hydrogens is 218 g/mol. The molecule has 1 fully saturated rings. The molecule has 1 heteroatoms. The van der Waals surface area contributed by atoms with Gasteiger partial charge in [-0.05, 0) is 60.1 Å². The predicted molar refractivity (Wildman–Crippen MR) is 77.6 cm³/mol. The Bertz CT molecular complexity index is 547. The molecule has 0 saturated heterocycles. The second kappa shape index (κ2) is 4.49. The molecule has 0 bridgehead atoms. The Labute approximate surface area is 109 Å². The zero-order valence-corrected chi connectivity index (χ0v) is 10.8. The van der Waals surface area contributed by atoms with Crippen LogP contribution in [0.1, 0.15) is 36.3 Å². The lowest BCUT2D eigenvalue weighted by Crippen LogP contribution is -2.09. The van der Waals surface area contributed by atoms with Gasteiger partial charge in [0.2, 0.25) is 0 Å². The fourth-order valence-corrected chi connectivity index (χ4v) is 2.80. The molecule has 1 saturated carbocycles. The number of aryl methyl sites for hydroxylation is 1. The summed E-state index contributed by atoms with van der Waals surface area (Å²) in [5.41, 5.74) is 12.2. The van der Waals surface area contributed by atoms with Crippen LogP contribution in [0.2, 0.25) is 0 Å². The number of hydrogen-bond donors (Lipinski definition) is 1. The van der Waals surface area contributed by atoms with E-state index in [2.05, 4.69) is 43.3 Å². The molecular formula is C17H19N. The van der Waals surface area contributed by atoms with E-state index in [1.807, 2.05) is 6.07 Å². The first-order valence-corrected chi connectivity index (χ1v) is 6.70. The third kappa shape index (κ3) is 2.01. The van der Waals surface area contributed by atoms with Crippen LogP contribution in [0.15, 0.2) is 42.5 Å². The van der Waals surface area contributed by atoms with Crippen LogP contribution in [-0.2, 0) is 0 Å². The third-order valence-corrected chi connectivity index (χ3v) is 3.92. The van der Waals surface area contributed by atoms with Crippen LogP contribution in [0.4, 0.5) is 5.69 Å². The third-order valence-electron chi connectivity index (χ3n) is 3.92. The van der Waals surface area contributed by atoms with E-state index in [0.29, 0.717) is 0 Å². The van der Waals surface area contributed by atoms with Crippen molar-refractivity contribution in [3.05, 3.63) is 53.6 Å². The number of anilines is 1. The van der Waals surface area contributed by atoms with Gasteiger partial charge in [-0.15, -0.1) is 0 Å². The lowest BCUT2D eigenvalue weighted by atomic mass is 9.77. The smallest absolute Gasteiger partial charge is 0.0322 e. The van der Waals surface area contributed by atoms with Crippen LogP contribution in [0, 0.1) is 6.92 Å². The van der Waals surface area contributed by atoms with Gasteiger partial charge in [-0.2, -0.15) is 0 Å². The van der Waals surface area contributed by atoms with Crippen molar-refractivity contribution in [3.63, 3.8) is 0 Å². The van der Waals surface area contributed by atoms with Gasteiger partial charge in [-0.1, -0.05) is 36.8 Å². The summed E-state index contributed by atoms with van der Waals surface area (Å²) in [6, 6.07) is 15.1. The highest BCUT2D eigenvalue weighted by molar-refractivity contribution is 5.72. The van der Waals surface area contributed by atoms with E-state index < -0.39 is 0 Å². The van der Waals surface area contributed by atoms with Crippen molar-refractivity contribution in [1.82, 2.24) is 0 Å². The fourth-order valence-electron chi connectivity index (χ4n) is 2.80. The summed E-state index contributed by atoms with van der Waals surface area (Å²) in [6.07, 6.45) is 4.03. The monoisotopic (exact) mass is 237 g/mol.